The Kier molecular flexibility index (Phi) is 8.37. The zero-order chi connectivity index (χ0) is 22.8. The Labute approximate surface area is 189 Å². The first-order valence-corrected chi connectivity index (χ1v) is 10.8. The molecule has 2 amide bonds. The van der Waals surface area contributed by atoms with Crippen LogP contribution in [-0.4, -0.2) is 23.5 Å². The zero-order valence-electron chi connectivity index (χ0n) is 18.5. The van der Waals surface area contributed by atoms with Crippen LogP contribution in [0, 0.1) is 5.92 Å². The van der Waals surface area contributed by atoms with Crippen LogP contribution in [0.15, 0.2) is 73.1 Å². The van der Waals surface area contributed by atoms with Gasteiger partial charge in [0, 0.05) is 31.0 Å². The number of ether oxygens (including phenoxy) is 1. The molecule has 0 atom stereocenters. The summed E-state index contributed by atoms with van der Waals surface area (Å²) in [6, 6.07) is 18.9. The summed E-state index contributed by atoms with van der Waals surface area (Å²) in [4.78, 5) is 28.8. The minimum Gasteiger partial charge on any atom is -0.445 e. The molecule has 0 unspecified atom stereocenters. The molecule has 1 aromatic heterocycles. The smallest absolute Gasteiger partial charge is 0.407 e. The number of aromatic nitrogens is 1. The van der Waals surface area contributed by atoms with Crippen molar-refractivity contribution in [2.45, 2.75) is 33.4 Å². The lowest BCUT2D eigenvalue weighted by molar-refractivity contribution is 0.0952. The second kappa shape index (κ2) is 11.6. The van der Waals surface area contributed by atoms with Crippen LogP contribution in [0.25, 0.3) is 11.1 Å². The maximum absolute atomic E-state index is 12.5. The molecule has 0 spiro atoms. The molecule has 0 saturated carbocycles. The molecule has 0 radical (unpaired) electrons. The molecule has 1 heterocycles. The minimum atomic E-state index is -0.498. The molecule has 3 aromatic rings. The van der Waals surface area contributed by atoms with Crippen molar-refractivity contribution in [2.75, 3.05) is 6.54 Å². The standard InChI is InChI=1S/C26H29N3O3/c1-19(2)11-14-28-25(30)22-10-6-9-21(15-22)24-12-13-27-16-23(24)17-29-26(31)32-18-20-7-4-3-5-8-20/h3-10,12-13,15-16,19H,11,14,17-18H2,1-2H3,(H,28,30)(H,29,31). The number of carbonyl (C=O) groups is 2. The molecule has 0 fully saturated rings. The summed E-state index contributed by atoms with van der Waals surface area (Å²) in [5.41, 5.74) is 4.15. The van der Waals surface area contributed by atoms with Gasteiger partial charge in [-0.1, -0.05) is 56.3 Å². The molecule has 2 N–H and O–H groups in total. The third kappa shape index (κ3) is 6.94. The van der Waals surface area contributed by atoms with E-state index in [9.17, 15) is 9.59 Å². The summed E-state index contributed by atoms with van der Waals surface area (Å²) in [7, 11) is 0. The molecule has 3 rings (SSSR count). The highest BCUT2D eigenvalue weighted by Gasteiger charge is 2.11. The largest absolute Gasteiger partial charge is 0.445 e. The van der Waals surface area contributed by atoms with Crippen LogP contribution in [0.3, 0.4) is 0 Å². The van der Waals surface area contributed by atoms with E-state index in [1.807, 2.05) is 54.6 Å². The first kappa shape index (κ1) is 23.0. The van der Waals surface area contributed by atoms with Crippen molar-refractivity contribution >= 4 is 12.0 Å². The molecule has 0 saturated heterocycles. The van der Waals surface area contributed by atoms with Gasteiger partial charge in [0.05, 0.1) is 0 Å². The summed E-state index contributed by atoms with van der Waals surface area (Å²) in [5.74, 6) is 0.443. The second-order valence-corrected chi connectivity index (χ2v) is 7.97. The average molecular weight is 432 g/mol. The van der Waals surface area contributed by atoms with Crippen LogP contribution >= 0.6 is 0 Å². The number of hydrogen-bond donors (Lipinski definition) is 2. The van der Waals surface area contributed by atoms with Crippen molar-refractivity contribution < 1.29 is 14.3 Å². The van der Waals surface area contributed by atoms with Crippen molar-refractivity contribution in [3.63, 3.8) is 0 Å². The molecule has 2 aromatic carbocycles. The number of nitrogens with one attached hydrogen (secondary N) is 2. The Morgan fingerprint density at radius 3 is 2.59 bits per heavy atom. The van der Waals surface area contributed by atoms with Crippen LogP contribution in [-0.2, 0) is 17.9 Å². The van der Waals surface area contributed by atoms with Gasteiger partial charge in [0.25, 0.3) is 5.91 Å². The van der Waals surface area contributed by atoms with Crippen LogP contribution in [0.5, 0.6) is 0 Å². The SMILES string of the molecule is CC(C)CCNC(=O)c1cccc(-c2ccncc2CNC(=O)OCc2ccccc2)c1. The van der Waals surface area contributed by atoms with Crippen molar-refractivity contribution in [1.82, 2.24) is 15.6 Å². The Morgan fingerprint density at radius 2 is 1.81 bits per heavy atom. The fourth-order valence-corrected chi connectivity index (χ4v) is 3.20. The summed E-state index contributed by atoms with van der Waals surface area (Å²) in [5, 5.41) is 5.74. The van der Waals surface area contributed by atoms with Gasteiger partial charge >= 0.3 is 6.09 Å². The van der Waals surface area contributed by atoms with Gasteiger partial charge in [-0.15, -0.1) is 0 Å². The van der Waals surface area contributed by atoms with E-state index in [2.05, 4.69) is 29.5 Å². The van der Waals surface area contributed by atoms with Crippen molar-refractivity contribution in [2.24, 2.45) is 5.92 Å². The van der Waals surface area contributed by atoms with E-state index in [-0.39, 0.29) is 19.1 Å². The summed E-state index contributed by atoms with van der Waals surface area (Å²) in [6.45, 7) is 5.38. The Morgan fingerprint density at radius 1 is 1.00 bits per heavy atom. The zero-order valence-corrected chi connectivity index (χ0v) is 18.5. The van der Waals surface area contributed by atoms with Gasteiger partial charge in [0.1, 0.15) is 6.61 Å². The number of pyridine rings is 1. The third-order valence-corrected chi connectivity index (χ3v) is 4.98. The van der Waals surface area contributed by atoms with E-state index >= 15 is 0 Å². The highest BCUT2D eigenvalue weighted by atomic mass is 16.5. The minimum absolute atomic E-state index is 0.0919. The molecule has 32 heavy (non-hydrogen) atoms. The highest BCUT2D eigenvalue weighted by molar-refractivity contribution is 5.95. The van der Waals surface area contributed by atoms with Crippen LogP contribution in [0.2, 0.25) is 0 Å². The molecule has 166 valence electrons. The third-order valence-electron chi connectivity index (χ3n) is 4.98. The summed E-state index contributed by atoms with van der Waals surface area (Å²) >= 11 is 0. The normalized spacial score (nSPS) is 10.6. The lowest BCUT2D eigenvalue weighted by Gasteiger charge is -2.12. The van der Waals surface area contributed by atoms with E-state index in [1.165, 1.54) is 0 Å². The first-order valence-electron chi connectivity index (χ1n) is 10.8. The predicted octanol–water partition coefficient (Wildman–Crippen LogP) is 4.95. The Bertz CT molecular complexity index is 1040. The van der Waals surface area contributed by atoms with E-state index in [4.69, 9.17) is 4.74 Å². The van der Waals surface area contributed by atoms with Gasteiger partial charge in [0.2, 0.25) is 0 Å². The first-order chi connectivity index (χ1) is 15.5. The summed E-state index contributed by atoms with van der Waals surface area (Å²) < 4.78 is 5.28. The van der Waals surface area contributed by atoms with Gasteiger partial charge in [-0.25, -0.2) is 4.79 Å². The van der Waals surface area contributed by atoms with Crippen LogP contribution in [0.4, 0.5) is 4.79 Å². The van der Waals surface area contributed by atoms with E-state index < -0.39 is 6.09 Å². The monoisotopic (exact) mass is 431 g/mol. The lowest BCUT2D eigenvalue weighted by atomic mass is 9.99. The van der Waals surface area contributed by atoms with E-state index in [1.54, 1.807) is 18.5 Å². The number of benzene rings is 2. The molecule has 6 nitrogen and oxygen atoms in total. The second-order valence-electron chi connectivity index (χ2n) is 7.97. The van der Waals surface area contributed by atoms with Crippen molar-refractivity contribution in [3.8, 4) is 11.1 Å². The predicted molar refractivity (Wildman–Crippen MR) is 125 cm³/mol. The topological polar surface area (TPSA) is 80.3 Å². The van der Waals surface area contributed by atoms with Gasteiger partial charge in [-0.05, 0) is 52.8 Å². The van der Waals surface area contributed by atoms with Gasteiger partial charge in [-0.2, -0.15) is 0 Å². The average Bonchev–Trinajstić information content (AvgIpc) is 2.82. The van der Waals surface area contributed by atoms with Gasteiger partial charge < -0.3 is 15.4 Å². The molecule has 0 bridgehead atoms. The van der Waals surface area contributed by atoms with E-state index in [0.717, 1.165) is 28.7 Å². The molecule has 0 aliphatic heterocycles. The quantitative estimate of drug-likeness (QED) is 0.502. The van der Waals surface area contributed by atoms with Crippen molar-refractivity contribution in [1.29, 1.82) is 0 Å². The highest BCUT2D eigenvalue weighted by Crippen LogP contribution is 2.24. The fraction of sp³-hybridized carbons (Fsp3) is 0.269. The molecular formula is C26H29N3O3. The number of carbonyl (C=O) groups excluding carboxylic acids is 2. The number of alkyl carbamates (subject to hydrolysis) is 1. The maximum atomic E-state index is 12.5. The fourth-order valence-electron chi connectivity index (χ4n) is 3.20. The van der Waals surface area contributed by atoms with E-state index in [0.29, 0.717) is 18.0 Å². The summed E-state index contributed by atoms with van der Waals surface area (Å²) in [6.07, 6.45) is 3.85. The number of nitrogens with zero attached hydrogens (tertiary/aromatic N) is 1. The number of rotatable bonds is 9. The van der Waals surface area contributed by atoms with Crippen LogP contribution in [0.1, 0.15) is 41.8 Å². The molecule has 0 aliphatic rings. The van der Waals surface area contributed by atoms with Crippen molar-refractivity contribution in [3.05, 3.63) is 89.7 Å². The number of hydrogen-bond acceptors (Lipinski definition) is 4. The van der Waals surface area contributed by atoms with Gasteiger partial charge in [0.15, 0.2) is 0 Å². The Hall–Kier alpha value is -3.67. The Balaban J connectivity index is 1.63. The number of amides is 2. The lowest BCUT2D eigenvalue weighted by Crippen LogP contribution is -2.25. The maximum Gasteiger partial charge on any atom is 0.407 e. The molecule has 6 heteroatoms. The molecule has 0 aliphatic carbocycles. The molecular weight excluding hydrogens is 402 g/mol. The van der Waals surface area contributed by atoms with Crippen LogP contribution < -0.4 is 10.6 Å². The van der Waals surface area contributed by atoms with Gasteiger partial charge in [-0.3, -0.25) is 9.78 Å².